The van der Waals surface area contributed by atoms with E-state index in [-0.39, 0.29) is 5.91 Å². The van der Waals surface area contributed by atoms with E-state index in [2.05, 4.69) is 16.6 Å². The molecule has 2 aromatic carbocycles. The van der Waals surface area contributed by atoms with Crippen LogP contribution in [0.4, 0.5) is 0 Å². The summed E-state index contributed by atoms with van der Waals surface area (Å²) in [7, 11) is 1.99. The zero-order valence-corrected chi connectivity index (χ0v) is 12.6. The molecular weight excluding hydrogens is 274 g/mol. The lowest BCUT2D eigenvalue weighted by Crippen LogP contribution is -2.18. The first kappa shape index (κ1) is 14.1. The molecule has 0 radical (unpaired) electrons. The number of fused-ring (bicyclic) bond motifs is 1. The molecular formula is C18H17N3O. The first-order chi connectivity index (χ1) is 10.7. The highest BCUT2D eigenvalue weighted by atomic mass is 16.2. The maximum Gasteiger partial charge on any atom is 0.271 e. The smallest absolute Gasteiger partial charge is 0.271 e. The van der Waals surface area contributed by atoms with Crippen LogP contribution in [0.2, 0.25) is 0 Å². The highest BCUT2D eigenvalue weighted by molar-refractivity contribution is 6.00. The summed E-state index contributed by atoms with van der Waals surface area (Å²) in [5, 5.41) is 5.19. The van der Waals surface area contributed by atoms with Gasteiger partial charge in [-0.3, -0.25) is 4.79 Å². The first-order valence-electron chi connectivity index (χ1n) is 7.10. The standard InChI is InChI=1S/C18H17N3O/c1-13-7-3-4-8-15(13)18(22)20-19-11-14-12-21(2)17-10-6-5-9-16(14)17/h3-12H,1-2H3,(H,20,22)/b19-11+. The minimum absolute atomic E-state index is 0.199. The molecule has 22 heavy (non-hydrogen) atoms. The van der Waals surface area contributed by atoms with E-state index in [4.69, 9.17) is 0 Å². The van der Waals surface area contributed by atoms with Gasteiger partial charge in [0.05, 0.1) is 6.21 Å². The van der Waals surface area contributed by atoms with Crippen molar-refractivity contribution >= 4 is 23.0 Å². The van der Waals surface area contributed by atoms with E-state index in [9.17, 15) is 4.79 Å². The molecule has 0 aliphatic rings. The molecule has 110 valence electrons. The van der Waals surface area contributed by atoms with Crippen LogP contribution >= 0.6 is 0 Å². The first-order valence-corrected chi connectivity index (χ1v) is 7.10. The maximum absolute atomic E-state index is 12.1. The summed E-state index contributed by atoms with van der Waals surface area (Å²) in [5.74, 6) is -0.199. The molecule has 0 saturated heterocycles. The Kier molecular flexibility index (Phi) is 3.74. The van der Waals surface area contributed by atoms with E-state index in [1.165, 1.54) is 0 Å². The van der Waals surface area contributed by atoms with Crippen molar-refractivity contribution in [2.75, 3.05) is 0 Å². The third kappa shape index (κ3) is 2.63. The second-order valence-electron chi connectivity index (χ2n) is 5.23. The van der Waals surface area contributed by atoms with Gasteiger partial charge in [-0.15, -0.1) is 0 Å². The summed E-state index contributed by atoms with van der Waals surface area (Å²) in [6, 6.07) is 15.5. The topological polar surface area (TPSA) is 46.4 Å². The van der Waals surface area contributed by atoms with E-state index in [0.29, 0.717) is 5.56 Å². The molecule has 0 unspecified atom stereocenters. The molecule has 0 aliphatic heterocycles. The van der Waals surface area contributed by atoms with Crippen molar-refractivity contribution in [1.29, 1.82) is 0 Å². The van der Waals surface area contributed by atoms with Crippen LogP contribution in [-0.4, -0.2) is 16.7 Å². The number of hydrogen-bond donors (Lipinski definition) is 1. The highest BCUT2D eigenvalue weighted by Crippen LogP contribution is 2.18. The molecule has 4 nitrogen and oxygen atoms in total. The van der Waals surface area contributed by atoms with Crippen LogP contribution < -0.4 is 5.43 Å². The summed E-state index contributed by atoms with van der Waals surface area (Å²) in [5.41, 5.74) is 6.26. The van der Waals surface area contributed by atoms with Crippen molar-refractivity contribution in [1.82, 2.24) is 9.99 Å². The molecule has 0 bridgehead atoms. The molecule has 0 atom stereocenters. The average molecular weight is 291 g/mol. The van der Waals surface area contributed by atoms with Crippen molar-refractivity contribution in [3.05, 3.63) is 71.4 Å². The highest BCUT2D eigenvalue weighted by Gasteiger charge is 2.07. The maximum atomic E-state index is 12.1. The Morgan fingerprint density at radius 2 is 1.86 bits per heavy atom. The number of aromatic nitrogens is 1. The number of nitrogens with zero attached hydrogens (tertiary/aromatic N) is 2. The Balaban J connectivity index is 1.80. The molecule has 1 heterocycles. The number of aryl methyl sites for hydroxylation is 2. The quantitative estimate of drug-likeness (QED) is 0.584. The summed E-state index contributed by atoms with van der Waals surface area (Å²) in [6.45, 7) is 1.91. The molecule has 0 fully saturated rings. The summed E-state index contributed by atoms with van der Waals surface area (Å²) < 4.78 is 2.04. The normalized spacial score (nSPS) is 11.2. The lowest BCUT2D eigenvalue weighted by molar-refractivity contribution is 0.0954. The molecule has 0 saturated carbocycles. The lowest BCUT2D eigenvalue weighted by atomic mass is 10.1. The molecule has 3 rings (SSSR count). The fourth-order valence-corrected chi connectivity index (χ4v) is 2.52. The van der Waals surface area contributed by atoms with Gasteiger partial charge in [-0.25, -0.2) is 5.43 Å². The Morgan fingerprint density at radius 3 is 2.68 bits per heavy atom. The predicted octanol–water partition coefficient (Wildman–Crippen LogP) is 3.25. The molecule has 0 spiro atoms. The van der Waals surface area contributed by atoms with Crippen LogP contribution in [0.1, 0.15) is 21.5 Å². The summed E-state index contributed by atoms with van der Waals surface area (Å²) in [6.07, 6.45) is 3.67. The Morgan fingerprint density at radius 1 is 1.14 bits per heavy atom. The van der Waals surface area contributed by atoms with Crippen molar-refractivity contribution in [2.24, 2.45) is 12.1 Å². The number of carbonyl (C=O) groups excluding carboxylic acids is 1. The number of hydrogen-bond acceptors (Lipinski definition) is 2. The van der Waals surface area contributed by atoms with Crippen LogP contribution in [0, 0.1) is 6.92 Å². The van der Waals surface area contributed by atoms with Crippen LogP contribution in [0.5, 0.6) is 0 Å². The molecule has 4 heteroatoms. The minimum Gasteiger partial charge on any atom is -0.350 e. The zero-order valence-electron chi connectivity index (χ0n) is 12.6. The second-order valence-corrected chi connectivity index (χ2v) is 5.23. The third-order valence-electron chi connectivity index (χ3n) is 3.69. The molecule has 0 aliphatic carbocycles. The summed E-state index contributed by atoms with van der Waals surface area (Å²) >= 11 is 0. The van der Waals surface area contributed by atoms with Gasteiger partial charge < -0.3 is 4.57 Å². The number of para-hydroxylation sites is 1. The molecule has 1 aromatic heterocycles. The van der Waals surface area contributed by atoms with Gasteiger partial charge in [0.25, 0.3) is 5.91 Å². The van der Waals surface area contributed by atoms with E-state index < -0.39 is 0 Å². The van der Waals surface area contributed by atoms with Crippen LogP contribution in [0.15, 0.2) is 59.8 Å². The van der Waals surface area contributed by atoms with Gasteiger partial charge in [0.15, 0.2) is 0 Å². The van der Waals surface area contributed by atoms with Gasteiger partial charge >= 0.3 is 0 Å². The Hall–Kier alpha value is -2.88. The number of hydrazone groups is 1. The number of rotatable bonds is 3. The molecule has 3 aromatic rings. The second kappa shape index (κ2) is 5.85. The van der Waals surface area contributed by atoms with E-state index in [1.54, 1.807) is 12.3 Å². The van der Waals surface area contributed by atoms with Crippen molar-refractivity contribution in [2.45, 2.75) is 6.92 Å². The number of nitrogens with one attached hydrogen (secondary N) is 1. The lowest BCUT2D eigenvalue weighted by Gasteiger charge is -2.02. The van der Waals surface area contributed by atoms with Gasteiger partial charge in [0, 0.05) is 35.3 Å². The van der Waals surface area contributed by atoms with Gasteiger partial charge in [-0.05, 0) is 24.6 Å². The monoisotopic (exact) mass is 291 g/mol. The fourth-order valence-electron chi connectivity index (χ4n) is 2.52. The fraction of sp³-hybridized carbons (Fsp3) is 0.111. The number of carbonyl (C=O) groups is 1. The predicted molar refractivity (Wildman–Crippen MR) is 89.2 cm³/mol. The number of benzene rings is 2. The van der Waals surface area contributed by atoms with E-state index in [1.807, 2.05) is 61.1 Å². The van der Waals surface area contributed by atoms with Gasteiger partial charge in [-0.1, -0.05) is 36.4 Å². The van der Waals surface area contributed by atoms with E-state index in [0.717, 1.165) is 22.0 Å². The van der Waals surface area contributed by atoms with Crippen molar-refractivity contribution in [3.63, 3.8) is 0 Å². The van der Waals surface area contributed by atoms with Crippen LogP contribution in [0.3, 0.4) is 0 Å². The molecule has 1 amide bonds. The largest absolute Gasteiger partial charge is 0.350 e. The third-order valence-corrected chi connectivity index (χ3v) is 3.69. The minimum atomic E-state index is -0.199. The molecule has 1 N–H and O–H groups in total. The van der Waals surface area contributed by atoms with Crippen molar-refractivity contribution in [3.8, 4) is 0 Å². The Bertz CT molecular complexity index is 862. The van der Waals surface area contributed by atoms with Gasteiger partial charge in [-0.2, -0.15) is 5.10 Å². The SMILES string of the molecule is Cc1ccccc1C(=O)N/N=C/c1cn(C)c2ccccc12. The van der Waals surface area contributed by atoms with Crippen LogP contribution in [-0.2, 0) is 7.05 Å². The number of amides is 1. The van der Waals surface area contributed by atoms with E-state index >= 15 is 0 Å². The van der Waals surface area contributed by atoms with Gasteiger partial charge in [0.2, 0.25) is 0 Å². The van der Waals surface area contributed by atoms with Crippen molar-refractivity contribution < 1.29 is 4.79 Å². The van der Waals surface area contributed by atoms with Gasteiger partial charge in [0.1, 0.15) is 0 Å². The Labute approximate surface area is 129 Å². The van der Waals surface area contributed by atoms with Crippen LogP contribution in [0.25, 0.3) is 10.9 Å². The average Bonchev–Trinajstić information content (AvgIpc) is 2.85. The summed E-state index contributed by atoms with van der Waals surface area (Å²) in [4.78, 5) is 12.1. The zero-order chi connectivity index (χ0) is 15.5.